The molecule has 3 rings (SSSR count). The number of hydrogen-bond donors (Lipinski definition) is 2. The highest BCUT2D eigenvalue weighted by Crippen LogP contribution is 2.21. The highest BCUT2D eigenvalue weighted by atomic mass is 32.1. The van der Waals surface area contributed by atoms with Crippen LogP contribution in [0.4, 0.5) is 4.79 Å². The van der Waals surface area contributed by atoms with E-state index in [0.29, 0.717) is 6.54 Å². The molecule has 0 aliphatic heterocycles. The van der Waals surface area contributed by atoms with Gasteiger partial charge in [-0.3, -0.25) is 4.98 Å². The number of carbonyl (C=O) groups is 1. The number of benzene rings is 1. The number of pyridine rings is 1. The van der Waals surface area contributed by atoms with Crippen molar-refractivity contribution in [3.8, 4) is 0 Å². The first-order valence-electron chi connectivity index (χ1n) is 7.84. The molecule has 2 heterocycles. The zero-order chi connectivity index (χ0) is 16.6. The zero-order valence-electron chi connectivity index (χ0n) is 13.2. The van der Waals surface area contributed by atoms with Crippen molar-refractivity contribution in [2.75, 3.05) is 6.54 Å². The molecule has 1 atom stereocenters. The summed E-state index contributed by atoms with van der Waals surface area (Å²) in [6, 6.07) is 17.5. The molecule has 4 nitrogen and oxygen atoms in total. The maximum atomic E-state index is 12.3. The molecule has 3 aromatic rings. The highest BCUT2D eigenvalue weighted by Gasteiger charge is 2.16. The molecule has 0 bridgehead atoms. The summed E-state index contributed by atoms with van der Waals surface area (Å²) < 4.78 is 0. The summed E-state index contributed by atoms with van der Waals surface area (Å²) in [6.45, 7) is 0.615. The number of rotatable bonds is 6. The summed E-state index contributed by atoms with van der Waals surface area (Å²) in [5.74, 6) is 0. The molecular weight excluding hydrogens is 318 g/mol. The zero-order valence-corrected chi connectivity index (χ0v) is 14.0. The summed E-state index contributed by atoms with van der Waals surface area (Å²) >= 11 is 1.70. The summed E-state index contributed by atoms with van der Waals surface area (Å²) in [5.41, 5.74) is 2.04. The molecule has 5 heteroatoms. The third-order valence-corrected chi connectivity index (χ3v) is 4.62. The van der Waals surface area contributed by atoms with Crippen molar-refractivity contribution in [3.63, 3.8) is 0 Å². The predicted molar refractivity (Wildman–Crippen MR) is 97.1 cm³/mol. The van der Waals surface area contributed by atoms with Crippen LogP contribution < -0.4 is 10.6 Å². The average Bonchev–Trinajstić information content (AvgIpc) is 3.15. The SMILES string of the molecule is O=C(NCCc1cccs1)NC(c1ccccc1)c1ccncc1. The van der Waals surface area contributed by atoms with Gasteiger partial charge in [-0.25, -0.2) is 4.79 Å². The van der Waals surface area contributed by atoms with Gasteiger partial charge < -0.3 is 10.6 Å². The molecule has 1 unspecified atom stereocenters. The minimum absolute atomic E-state index is 0.169. The molecule has 0 aliphatic carbocycles. The van der Waals surface area contributed by atoms with E-state index in [1.54, 1.807) is 23.7 Å². The standard InChI is InChI=1S/C19H19N3OS/c23-19(21-13-10-17-7-4-14-24-17)22-18(15-5-2-1-3-6-15)16-8-11-20-12-9-16/h1-9,11-12,14,18H,10,13H2,(H2,21,22,23). The second-order valence-electron chi connectivity index (χ2n) is 5.35. The average molecular weight is 337 g/mol. The number of amides is 2. The Labute approximate surface area is 145 Å². The number of urea groups is 1. The topological polar surface area (TPSA) is 54.0 Å². The van der Waals surface area contributed by atoms with E-state index in [0.717, 1.165) is 17.5 Å². The van der Waals surface area contributed by atoms with E-state index < -0.39 is 0 Å². The number of thiophene rings is 1. The molecule has 0 fully saturated rings. The molecule has 0 aliphatic rings. The molecule has 1 aromatic carbocycles. The second-order valence-corrected chi connectivity index (χ2v) is 6.39. The van der Waals surface area contributed by atoms with Crippen molar-refractivity contribution in [2.45, 2.75) is 12.5 Å². The van der Waals surface area contributed by atoms with Crippen molar-refractivity contribution in [1.82, 2.24) is 15.6 Å². The minimum atomic E-state index is -0.198. The number of nitrogens with one attached hydrogen (secondary N) is 2. The lowest BCUT2D eigenvalue weighted by Gasteiger charge is -2.20. The molecule has 2 amide bonds. The van der Waals surface area contributed by atoms with Crippen LogP contribution in [0.1, 0.15) is 22.0 Å². The Kier molecular flexibility index (Phi) is 5.58. The molecule has 2 N–H and O–H groups in total. The van der Waals surface area contributed by atoms with E-state index >= 15 is 0 Å². The Morgan fingerprint density at radius 3 is 2.46 bits per heavy atom. The summed E-state index contributed by atoms with van der Waals surface area (Å²) in [6.07, 6.45) is 4.32. The molecule has 122 valence electrons. The van der Waals surface area contributed by atoms with Gasteiger partial charge in [0.2, 0.25) is 0 Å². The van der Waals surface area contributed by atoms with Gasteiger partial charge in [0.1, 0.15) is 0 Å². The van der Waals surface area contributed by atoms with Crippen LogP contribution in [0.5, 0.6) is 0 Å². The van der Waals surface area contributed by atoms with Gasteiger partial charge in [0.05, 0.1) is 6.04 Å². The Morgan fingerprint density at radius 2 is 1.75 bits per heavy atom. The number of hydrogen-bond acceptors (Lipinski definition) is 3. The summed E-state index contributed by atoms with van der Waals surface area (Å²) in [5, 5.41) is 8.03. The van der Waals surface area contributed by atoms with Crippen LogP contribution in [0, 0.1) is 0 Å². The molecule has 0 spiro atoms. The van der Waals surface area contributed by atoms with Gasteiger partial charge in [-0.2, -0.15) is 0 Å². The largest absolute Gasteiger partial charge is 0.338 e. The van der Waals surface area contributed by atoms with Gasteiger partial charge in [-0.15, -0.1) is 11.3 Å². The molecule has 0 saturated carbocycles. The second kappa shape index (κ2) is 8.26. The molecule has 2 aromatic heterocycles. The van der Waals surface area contributed by atoms with Crippen molar-refractivity contribution in [2.24, 2.45) is 0 Å². The van der Waals surface area contributed by atoms with Crippen LogP contribution in [0.25, 0.3) is 0 Å². The van der Waals surface area contributed by atoms with Crippen molar-refractivity contribution < 1.29 is 4.79 Å². The summed E-state index contributed by atoms with van der Waals surface area (Å²) in [4.78, 5) is 17.6. The van der Waals surface area contributed by atoms with E-state index in [4.69, 9.17) is 0 Å². The fourth-order valence-corrected chi connectivity index (χ4v) is 3.21. The van der Waals surface area contributed by atoms with Crippen molar-refractivity contribution >= 4 is 17.4 Å². The van der Waals surface area contributed by atoms with Gasteiger partial charge in [0, 0.05) is 23.8 Å². The Balaban J connectivity index is 1.64. The van der Waals surface area contributed by atoms with E-state index in [1.165, 1.54) is 4.88 Å². The molecule has 24 heavy (non-hydrogen) atoms. The Hall–Kier alpha value is -2.66. The quantitative estimate of drug-likeness (QED) is 0.719. The smallest absolute Gasteiger partial charge is 0.315 e. The molecular formula is C19H19N3OS. The predicted octanol–water partition coefficient (Wildman–Crippen LogP) is 3.77. The third kappa shape index (κ3) is 4.43. The summed E-state index contributed by atoms with van der Waals surface area (Å²) in [7, 11) is 0. The highest BCUT2D eigenvalue weighted by molar-refractivity contribution is 7.09. The van der Waals surface area contributed by atoms with Crippen LogP contribution >= 0.6 is 11.3 Å². The maximum Gasteiger partial charge on any atom is 0.315 e. The molecule has 0 saturated heterocycles. The van der Waals surface area contributed by atoms with Gasteiger partial charge in [0.25, 0.3) is 0 Å². The first-order valence-corrected chi connectivity index (χ1v) is 8.72. The van der Waals surface area contributed by atoms with Crippen LogP contribution in [0.3, 0.4) is 0 Å². The maximum absolute atomic E-state index is 12.3. The van der Waals surface area contributed by atoms with Crippen LogP contribution in [0.2, 0.25) is 0 Å². The van der Waals surface area contributed by atoms with Gasteiger partial charge in [-0.1, -0.05) is 36.4 Å². The monoisotopic (exact) mass is 337 g/mol. The number of nitrogens with zero attached hydrogens (tertiary/aromatic N) is 1. The van der Waals surface area contributed by atoms with Crippen LogP contribution in [-0.4, -0.2) is 17.6 Å². The number of carbonyl (C=O) groups excluding carboxylic acids is 1. The van der Waals surface area contributed by atoms with Crippen LogP contribution in [0.15, 0.2) is 72.4 Å². The normalized spacial score (nSPS) is 11.7. The lowest BCUT2D eigenvalue weighted by Crippen LogP contribution is -2.39. The van der Waals surface area contributed by atoms with Gasteiger partial charge in [0.15, 0.2) is 0 Å². The number of aromatic nitrogens is 1. The fraction of sp³-hybridized carbons (Fsp3) is 0.158. The van der Waals surface area contributed by atoms with E-state index in [9.17, 15) is 4.79 Å². The molecule has 0 radical (unpaired) electrons. The lowest BCUT2D eigenvalue weighted by molar-refractivity contribution is 0.239. The fourth-order valence-electron chi connectivity index (χ4n) is 2.50. The van der Waals surface area contributed by atoms with Gasteiger partial charge >= 0.3 is 6.03 Å². The Morgan fingerprint density at radius 1 is 1.00 bits per heavy atom. The van der Waals surface area contributed by atoms with Gasteiger partial charge in [-0.05, 0) is 41.1 Å². The van der Waals surface area contributed by atoms with Crippen molar-refractivity contribution in [1.29, 1.82) is 0 Å². The lowest BCUT2D eigenvalue weighted by atomic mass is 10.00. The first kappa shape index (κ1) is 16.2. The first-order chi connectivity index (χ1) is 11.8. The minimum Gasteiger partial charge on any atom is -0.338 e. The third-order valence-electron chi connectivity index (χ3n) is 3.68. The van der Waals surface area contributed by atoms with Crippen molar-refractivity contribution in [3.05, 3.63) is 88.4 Å². The van der Waals surface area contributed by atoms with E-state index in [1.807, 2.05) is 53.9 Å². The van der Waals surface area contributed by atoms with E-state index in [2.05, 4.69) is 21.7 Å². The Bertz CT molecular complexity index is 705. The van der Waals surface area contributed by atoms with Crippen LogP contribution in [-0.2, 0) is 6.42 Å². The van der Waals surface area contributed by atoms with E-state index in [-0.39, 0.29) is 12.1 Å².